The first-order valence-electron chi connectivity index (χ1n) is 10.6. The fourth-order valence-electron chi connectivity index (χ4n) is 3.92. The maximum absolute atomic E-state index is 12.5. The van der Waals surface area contributed by atoms with Gasteiger partial charge in [-0.2, -0.15) is 0 Å². The first kappa shape index (κ1) is 22.0. The van der Waals surface area contributed by atoms with Crippen molar-refractivity contribution in [3.63, 3.8) is 0 Å². The van der Waals surface area contributed by atoms with E-state index in [1.54, 1.807) is 0 Å². The summed E-state index contributed by atoms with van der Waals surface area (Å²) in [7, 11) is 2.03. The van der Waals surface area contributed by atoms with Gasteiger partial charge in [-0.15, -0.1) is 0 Å². The van der Waals surface area contributed by atoms with E-state index in [0.717, 1.165) is 18.4 Å². The summed E-state index contributed by atoms with van der Waals surface area (Å²) in [5.74, 6) is 1.22. The number of aromatic nitrogens is 1. The molecule has 2 aromatic rings. The van der Waals surface area contributed by atoms with Crippen molar-refractivity contribution < 1.29 is 14.0 Å². The van der Waals surface area contributed by atoms with Crippen LogP contribution in [0.5, 0.6) is 0 Å². The number of rotatable bonds is 8. The lowest BCUT2D eigenvalue weighted by Crippen LogP contribution is -2.43. The molecule has 2 heterocycles. The summed E-state index contributed by atoms with van der Waals surface area (Å²) in [5, 5.41) is 5.97. The highest BCUT2D eigenvalue weighted by molar-refractivity contribution is 5.78. The maximum Gasteiger partial charge on any atom is 0.226 e. The molecule has 3 rings (SSSR count). The molecule has 1 aromatic heterocycles. The minimum absolute atomic E-state index is 0.0691. The maximum atomic E-state index is 12.5. The quantitative estimate of drug-likeness (QED) is 0.696. The highest BCUT2D eigenvalue weighted by Crippen LogP contribution is 2.24. The minimum Gasteiger partial charge on any atom is -0.441 e. The lowest BCUT2D eigenvalue weighted by atomic mass is 10.1. The topological polar surface area (TPSA) is 87.5 Å². The molecule has 0 spiro atoms. The number of carbonyl (C=O) groups is 2. The Hall–Kier alpha value is -2.67. The normalized spacial score (nSPS) is 19.2. The van der Waals surface area contributed by atoms with Crippen LogP contribution in [0, 0.1) is 6.92 Å². The van der Waals surface area contributed by atoms with Gasteiger partial charge in [0.25, 0.3) is 0 Å². The van der Waals surface area contributed by atoms with Crippen molar-refractivity contribution in [2.24, 2.45) is 0 Å². The minimum atomic E-state index is -0.0691. The van der Waals surface area contributed by atoms with Crippen molar-refractivity contribution in [3.05, 3.63) is 41.8 Å². The predicted molar refractivity (Wildman–Crippen MR) is 116 cm³/mol. The van der Waals surface area contributed by atoms with Crippen molar-refractivity contribution >= 4 is 11.8 Å². The second-order valence-corrected chi connectivity index (χ2v) is 8.35. The molecule has 2 amide bonds. The molecule has 1 aliphatic rings. The third-order valence-electron chi connectivity index (χ3n) is 5.63. The summed E-state index contributed by atoms with van der Waals surface area (Å²) in [6.45, 7) is 6.33. The van der Waals surface area contributed by atoms with Gasteiger partial charge < -0.3 is 15.1 Å². The van der Waals surface area contributed by atoms with E-state index < -0.39 is 0 Å². The van der Waals surface area contributed by atoms with Gasteiger partial charge in [0.2, 0.25) is 17.7 Å². The molecule has 1 aliphatic heterocycles. The van der Waals surface area contributed by atoms with Gasteiger partial charge in [-0.25, -0.2) is 4.98 Å². The van der Waals surface area contributed by atoms with E-state index in [1.165, 1.54) is 0 Å². The van der Waals surface area contributed by atoms with Crippen LogP contribution in [0.15, 0.2) is 34.7 Å². The van der Waals surface area contributed by atoms with Crippen LogP contribution in [0.1, 0.15) is 44.6 Å². The monoisotopic (exact) mass is 412 g/mol. The fraction of sp³-hybridized carbons (Fsp3) is 0.522. The Bertz CT molecular complexity index is 863. The molecule has 0 unspecified atom stereocenters. The van der Waals surface area contributed by atoms with Crippen LogP contribution in [0.4, 0.5) is 0 Å². The van der Waals surface area contributed by atoms with Gasteiger partial charge in [-0.3, -0.25) is 14.5 Å². The number of carbonyl (C=O) groups excluding carboxylic acids is 2. The summed E-state index contributed by atoms with van der Waals surface area (Å²) in [5.41, 5.74) is 1.56. The van der Waals surface area contributed by atoms with Gasteiger partial charge in [-0.1, -0.05) is 18.2 Å². The number of nitrogens with zero attached hydrogens (tertiary/aromatic N) is 2. The molecule has 2 atom stereocenters. The van der Waals surface area contributed by atoms with E-state index in [1.807, 2.05) is 58.2 Å². The van der Waals surface area contributed by atoms with Crippen molar-refractivity contribution in [1.29, 1.82) is 0 Å². The van der Waals surface area contributed by atoms with Crippen LogP contribution in [-0.4, -0.2) is 53.4 Å². The summed E-state index contributed by atoms with van der Waals surface area (Å²) >= 11 is 0. The predicted octanol–water partition coefficient (Wildman–Crippen LogP) is 2.69. The Morgan fingerprint density at radius 2 is 1.87 bits per heavy atom. The Kier molecular flexibility index (Phi) is 7.26. The SMILES string of the molecule is Cc1oc(-c2ccccc2)nc1CC(=O)NC[C@@H]1CC[C@H](CC(=O)NC(C)C)N1C. The average molecular weight is 413 g/mol. The van der Waals surface area contributed by atoms with Crippen LogP contribution in [0.2, 0.25) is 0 Å². The number of likely N-dealkylation sites (N-methyl/N-ethyl adjacent to an activating group) is 1. The number of likely N-dealkylation sites (tertiary alicyclic amines) is 1. The van der Waals surface area contributed by atoms with E-state index >= 15 is 0 Å². The second kappa shape index (κ2) is 9.89. The molecular formula is C23H32N4O3. The molecule has 0 radical (unpaired) electrons. The molecule has 162 valence electrons. The number of oxazole rings is 1. The second-order valence-electron chi connectivity index (χ2n) is 8.35. The zero-order chi connectivity index (χ0) is 21.7. The van der Waals surface area contributed by atoms with E-state index in [9.17, 15) is 9.59 Å². The molecule has 1 saturated heterocycles. The third-order valence-corrected chi connectivity index (χ3v) is 5.63. The average Bonchev–Trinajstić information content (AvgIpc) is 3.23. The zero-order valence-corrected chi connectivity index (χ0v) is 18.3. The van der Waals surface area contributed by atoms with Crippen molar-refractivity contribution in [1.82, 2.24) is 20.5 Å². The van der Waals surface area contributed by atoms with Gasteiger partial charge in [0, 0.05) is 36.7 Å². The summed E-state index contributed by atoms with van der Waals surface area (Å²) < 4.78 is 5.74. The summed E-state index contributed by atoms with van der Waals surface area (Å²) in [6, 6.07) is 10.3. The number of hydrogen-bond donors (Lipinski definition) is 2. The molecule has 0 bridgehead atoms. The molecule has 1 aromatic carbocycles. The smallest absolute Gasteiger partial charge is 0.226 e. The fourth-order valence-corrected chi connectivity index (χ4v) is 3.92. The first-order valence-corrected chi connectivity index (χ1v) is 10.6. The highest BCUT2D eigenvalue weighted by atomic mass is 16.4. The Morgan fingerprint density at radius 1 is 1.17 bits per heavy atom. The largest absolute Gasteiger partial charge is 0.441 e. The number of hydrogen-bond acceptors (Lipinski definition) is 5. The Morgan fingerprint density at radius 3 is 2.57 bits per heavy atom. The van der Waals surface area contributed by atoms with E-state index in [4.69, 9.17) is 4.42 Å². The molecule has 0 aliphatic carbocycles. The molecule has 7 nitrogen and oxygen atoms in total. The van der Waals surface area contributed by atoms with Crippen LogP contribution in [0.3, 0.4) is 0 Å². The third kappa shape index (κ3) is 5.69. The van der Waals surface area contributed by atoms with Gasteiger partial charge in [0.05, 0.1) is 12.1 Å². The lowest BCUT2D eigenvalue weighted by Gasteiger charge is -2.26. The first-order chi connectivity index (χ1) is 14.3. The van der Waals surface area contributed by atoms with E-state index in [2.05, 4.69) is 20.5 Å². The van der Waals surface area contributed by atoms with Crippen LogP contribution in [-0.2, 0) is 16.0 Å². The summed E-state index contributed by atoms with van der Waals surface area (Å²) in [4.78, 5) is 31.2. The zero-order valence-electron chi connectivity index (χ0n) is 18.3. The number of aryl methyl sites for hydroxylation is 1. The number of amides is 2. The van der Waals surface area contributed by atoms with Crippen LogP contribution >= 0.6 is 0 Å². The molecule has 2 N–H and O–H groups in total. The standard InChI is InChI=1S/C23H32N4O3/c1-15(2)25-22(29)12-18-10-11-19(27(18)4)14-24-21(28)13-20-16(3)30-23(26-20)17-8-6-5-7-9-17/h5-9,15,18-19H,10-14H2,1-4H3,(H,24,28)(H,25,29)/t18-,19+/m1/s1. The molecular weight excluding hydrogens is 380 g/mol. The van der Waals surface area contributed by atoms with Gasteiger partial charge in [-0.05, 0) is 52.8 Å². The number of benzene rings is 1. The van der Waals surface area contributed by atoms with E-state index in [0.29, 0.717) is 30.3 Å². The highest BCUT2D eigenvalue weighted by Gasteiger charge is 2.32. The Balaban J connectivity index is 1.48. The molecule has 0 saturated carbocycles. The lowest BCUT2D eigenvalue weighted by molar-refractivity contribution is -0.123. The van der Waals surface area contributed by atoms with Crippen molar-refractivity contribution in [2.45, 2.75) is 64.6 Å². The molecule has 7 heteroatoms. The van der Waals surface area contributed by atoms with Crippen LogP contribution < -0.4 is 10.6 Å². The Labute approximate surface area is 178 Å². The van der Waals surface area contributed by atoms with Gasteiger partial charge in [0.1, 0.15) is 5.76 Å². The van der Waals surface area contributed by atoms with Crippen molar-refractivity contribution in [2.75, 3.05) is 13.6 Å². The number of nitrogens with one attached hydrogen (secondary N) is 2. The van der Waals surface area contributed by atoms with Gasteiger partial charge in [0.15, 0.2) is 0 Å². The summed E-state index contributed by atoms with van der Waals surface area (Å²) in [6.07, 6.45) is 2.63. The van der Waals surface area contributed by atoms with Crippen molar-refractivity contribution in [3.8, 4) is 11.5 Å². The van der Waals surface area contributed by atoms with E-state index in [-0.39, 0.29) is 36.4 Å². The van der Waals surface area contributed by atoms with Crippen LogP contribution in [0.25, 0.3) is 11.5 Å². The van der Waals surface area contributed by atoms with Gasteiger partial charge >= 0.3 is 0 Å². The molecule has 30 heavy (non-hydrogen) atoms. The molecule has 1 fully saturated rings.